The minimum Gasteiger partial charge on any atom is -0.493 e. The SMILES string of the molecule is Cc1ccc(OC(=O)N(CC(=O)O)C(C)c2cccc(OCCc3nc(-c4ccccc4)oc3C)c2)cc1. The van der Waals surface area contributed by atoms with Crippen molar-refractivity contribution in [2.24, 2.45) is 0 Å². The van der Waals surface area contributed by atoms with Crippen LogP contribution in [0.5, 0.6) is 11.5 Å². The summed E-state index contributed by atoms with van der Waals surface area (Å²) in [7, 11) is 0. The summed E-state index contributed by atoms with van der Waals surface area (Å²) in [5.74, 6) is 1.12. The summed E-state index contributed by atoms with van der Waals surface area (Å²) < 4.78 is 17.2. The van der Waals surface area contributed by atoms with E-state index in [9.17, 15) is 14.7 Å². The molecule has 0 radical (unpaired) electrons. The molecular weight excluding hydrogens is 484 g/mol. The fourth-order valence-corrected chi connectivity index (χ4v) is 3.94. The van der Waals surface area contributed by atoms with Crippen LogP contribution in [0, 0.1) is 13.8 Å². The average Bonchev–Trinajstić information content (AvgIpc) is 3.29. The molecule has 8 heteroatoms. The molecule has 0 aliphatic heterocycles. The third kappa shape index (κ3) is 6.79. The lowest BCUT2D eigenvalue weighted by Crippen LogP contribution is -2.39. The Morgan fingerprint density at radius 2 is 1.71 bits per heavy atom. The highest BCUT2D eigenvalue weighted by atomic mass is 16.6. The van der Waals surface area contributed by atoms with Gasteiger partial charge in [0.2, 0.25) is 5.89 Å². The van der Waals surface area contributed by atoms with Gasteiger partial charge >= 0.3 is 12.1 Å². The van der Waals surface area contributed by atoms with Gasteiger partial charge in [-0.2, -0.15) is 0 Å². The van der Waals surface area contributed by atoms with Crippen LogP contribution in [0.3, 0.4) is 0 Å². The number of oxazole rings is 1. The second-order valence-electron chi connectivity index (χ2n) is 8.94. The predicted molar refractivity (Wildman–Crippen MR) is 142 cm³/mol. The van der Waals surface area contributed by atoms with E-state index in [1.165, 1.54) is 4.90 Å². The van der Waals surface area contributed by atoms with E-state index in [0.717, 1.165) is 22.6 Å². The van der Waals surface area contributed by atoms with Crippen molar-refractivity contribution in [3.05, 3.63) is 101 Å². The summed E-state index contributed by atoms with van der Waals surface area (Å²) in [5.41, 5.74) is 3.47. The number of carbonyl (C=O) groups excluding carboxylic acids is 1. The van der Waals surface area contributed by atoms with Crippen molar-refractivity contribution in [3.63, 3.8) is 0 Å². The molecule has 1 N–H and O–H groups in total. The number of benzene rings is 3. The fraction of sp³-hybridized carbons (Fsp3) is 0.233. The number of hydrogen-bond donors (Lipinski definition) is 1. The highest BCUT2D eigenvalue weighted by Gasteiger charge is 2.26. The monoisotopic (exact) mass is 514 g/mol. The molecule has 4 aromatic rings. The fourth-order valence-electron chi connectivity index (χ4n) is 3.94. The highest BCUT2D eigenvalue weighted by Crippen LogP contribution is 2.26. The largest absolute Gasteiger partial charge is 0.493 e. The molecule has 0 aliphatic rings. The van der Waals surface area contributed by atoms with E-state index >= 15 is 0 Å². The molecular formula is C30H30N2O6. The van der Waals surface area contributed by atoms with Gasteiger partial charge in [0.1, 0.15) is 23.8 Å². The second kappa shape index (κ2) is 12.1. The topological polar surface area (TPSA) is 102 Å². The quantitative estimate of drug-likeness (QED) is 0.268. The molecule has 0 saturated carbocycles. The number of aromatic nitrogens is 1. The van der Waals surface area contributed by atoms with Gasteiger partial charge in [-0.25, -0.2) is 9.78 Å². The Hall–Kier alpha value is -4.59. The summed E-state index contributed by atoms with van der Waals surface area (Å²) in [6.07, 6.45) is -0.193. The lowest BCUT2D eigenvalue weighted by atomic mass is 10.1. The van der Waals surface area contributed by atoms with E-state index < -0.39 is 24.6 Å². The molecule has 3 aromatic carbocycles. The van der Waals surface area contributed by atoms with E-state index in [2.05, 4.69) is 4.98 Å². The van der Waals surface area contributed by atoms with Gasteiger partial charge in [0.15, 0.2) is 0 Å². The molecule has 1 aromatic heterocycles. The molecule has 8 nitrogen and oxygen atoms in total. The van der Waals surface area contributed by atoms with E-state index in [1.807, 2.05) is 68.4 Å². The molecule has 1 unspecified atom stereocenters. The smallest absolute Gasteiger partial charge is 0.416 e. The minimum atomic E-state index is -1.14. The maximum atomic E-state index is 12.9. The predicted octanol–water partition coefficient (Wildman–Crippen LogP) is 6.23. The van der Waals surface area contributed by atoms with Gasteiger partial charge in [0.25, 0.3) is 0 Å². The Kier molecular flexibility index (Phi) is 8.43. The van der Waals surface area contributed by atoms with Crippen molar-refractivity contribution in [2.45, 2.75) is 33.2 Å². The van der Waals surface area contributed by atoms with Gasteiger partial charge < -0.3 is 19.0 Å². The first-order valence-corrected chi connectivity index (χ1v) is 12.3. The van der Waals surface area contributed by atoms with Crippen molar-refractivity contribution < 1.29 is 28.6 Å². The number of carbonyl (C=O) groups is 2. The van der Waals surface area contributed by atoms with Gasteiger partial charge in [-0.05, 0) is 62.7 Å². The lowest BCUT2D eigenvalue weighted by Gasteiger charge is -2.27. The maximum absolute atomic E-state index is 12.9. The van der Waals surface area contributed by atoms with Crippen molar-refractivity contribution in [2.75, 3.05) is 13.2 Å². The minimum absolute atomic E-state index is 0.346. The number of carboxylic acid groups (broad SMARTS) is 1. The third-order valence-corrected chi connectivity index (χ3v) is 6.10. The van der Waals surface area contributed by atoms with Crippen molar-refractivity contribution in [1.82, 2.24) is 9.88 Å². The third-order valence-electron chi connectivity index (χ3n) is 6.10. The Morgan fingerprint density at radius 1 is 0.974 bits per heavy atom. The van der Waals surface area contributed by atoms with Gasteiger partial charge in [-0.3, -0.25) is 9.69 Å². The maximum Gasteiger partial charge on any atom is 0.416 e. The normalized spacial score (nSPS) is 11.6. The molecule has 1 atom stereocenters. The molecule has 38 heavy (non-hydrogen) atoms. The number of ether oxygens (including phenoxy) is 2. The number of hydrogen-bond acceptors (Lipinski definition) is 6. The number of rotatable bonds is 10. The number of nitrogens with zero attached hydrogens (tertiary/aromatic N) is 2. The van der Waals surface area contributed by atoms with Gasteiger partial charge in [-0.1, -0.05) is 48.0 Å². The van der Waals surface area contributed by atoms with Crippen LogP contribution in [-0.4, -0.2) is 40.2 Å². The van der Waals surface area contributed by atoms with Crippen molar-refractivity contribution in [1.29, 1.82) is 0 Å². The van der Waals surface area contributed by atoms with Crippen molar-refractivity contribution in [3.8, 4) is 23.0 Å². The van der Waals surface area contributed by atoms with Gasteiger partial charge in [0.05, 0.1) is 18.3 Å². The molecule has 1 heterocycles. The molecule has 1 amide bonds. The van der Waals surface area contributed by atoms with E-state index in [1.54, 1.807) is 31.2 Å². The second-order valence-corrected chi connectivity index (χ2v) is 8.94. The number of aryl methyl sites for hydroxylation is 2. The lowest BCUT2D eigenvalue weighted by molar-refractivity contribution is -0.138. The molecule has 0 bridgehead atoms. The van der Waals surface area contributed by atoms with Crippen LogP contribution < -0.4 is 9.47 Å². The van der Waals surface area contributed by atoms with E-state index in [-0.39, 0.29) is 0 Å². The molecule has 0 fully saturated rings. The summed E-state index contributed by atoms with van der Waals surface area (Å²) in [6.45, 7) is 5.42. The number of carboxylic acids is 1. The van der Waals surface area contributed by atoms with Crippen LogP contribution in [0.25, 0.3) is 11.5 Å². The zero-order chi connectivity index (χ0) is 27.1. The summed E-state index contributed by atoms with van der Waals surface area (Å²) in [6, 6.07) is 23.3. The highest BCUT2D eigenvalue weighted by molar-refractivity contribution is 5.78. The number of amides is 1. The first-order valence-electron chi connectivity index (χ1n) is 12.3. The van der Waals surface area contributed by atoms with Crippen LogP contribution in [0.4, 0.5) is 4.79 Å². The summed E-state index contributed by atoms with van der Waals surface area (Å²) in [5, 5.41) is 9.42. The first-order chi connectivity index (χ1) is 18.3. The molecule has 0 saturated heterocycles. The van der Waals surface area contributed by atoms with Gasteiger partial charge in [0, 0.05) is 12.0 Å². The van der Waals surface area contributed by atoms with Gasteiger partial charge in [-0.15, -0.1) is 0 Å². The average molecular weight is 515 g/mol. The summed E-state index contributed by atoms with van der Waals surface area (Å²) in [4.78, 5) is 30.2. The van der Waals surface area contributed by atoms with Crippen LogP contribution >= 0.6 is 0 Å². The Balaban J connectivity index is 1.41. The molecule has 0 spiro atoms. The Bertz CT molecular complexity index is 1380. The molecule has 196 valence electrons. The molecule has 4 rings (SSSR count). The standard InChI is InChI=1S/C30H30N2O6/c1-20-12-14-25(15-13-20)38-30(35)32(19-28(33)34)21(2)24-10-7-11-26(18-24)36-17-16-27-22(3)37-29(31-27)23-8-5-4-6-9-23/h4-15,18,21H,16-17,19H2,1-3H3,(H,33,34). The van der Waals surface area contributed by atoms with E-state index in [4.69, 9.17) is 13.9 Å². The Morgan fingerprint density at radius 3 is 2.42 bits per heavy atom. The zero-order valence-electron chi connectivity index (χ0n) is 21.6. The summed E-state index contributed by atoms with van der Waals surface area (Å²) >= 11 is 0. The Labute approximate surface area is 221 Å². The first kappa shape index (κ1) is 26.5. The van der Waals surface area contributed by atoms with Crippen LogP contribution in [0.15, 0.2) is 83.3 Å². The van der Waals surface area contributed by atoms with Crippen molar-refractivity contribution >= 4 is 12.1 Å². The molecule has 0 aliphatic carbocycles. The van der Waals surface area contributed by atoms with Crippen LogP contribution in [0.2, 0.25) is 0 Å². The van der Waals surface area contributed by atoms with E-state index in [0.29, 0.717) is 36.0 Å². The van der Waals surface area contributed by atoms with Crippen LogP contribution in [0.1, 0.15) is 35.5 Å². The number of aliphatic carboxylic acids is 1. The van der Waals surface area contributed by atoms with Crippen LogP contribution in [-0.2, 0) is 11.2 Å². The zero-order valence-corrected chi connectivity index (χ0v) is 21.6.